The van der Waals surface area contributed by atoms with Crippen LogP contribution in [0.5, 0.6) is 0 Å². The summed E-state index contributed by atoms with van der Waals surface area (Å²) in [7, 11) is 0. The molecule has 2 unspecified atom stereocenters. The lowest BCUT2D eigenvalue weighted by Crippen LogP contribution is -2.15. The predicted molar refractivity (Wildman–Crippen MR) is 51.1 cm³/mol. The lowest BCUT2D eigenvalue weighted by molar-refractivity contribution is 0.539. The van der Waals surface area contributed by atoms with Crippen LogP contribution >= 0.6 is 11.3 Å². The molecular weight excluding hydrogens is 168 g/mol. The third-order valence-corrected chi connectivity index (χ3v) is 3.36. The maximum Gasteiger partial charge on any atom is 0.0794 e. The first-order valence-corrected chi connectivity index (χ1v) is 5.35. The summed E-state index contributed by atoms with van der Waals surface area (Å²) in [5.41, 5.74) is 7.75. The predicted octanol–water partition coefficient (Wildman–Crippen LogP) is 1.81. The molecule has 0 bridgehead atoms. The number of thiazole rings is 1. The molecule has 2 rings (SSSR count). The molecule has 0 spiro atoms. The van der Waals surface area contributed by atoms with Crippen molar-refractivity contribution in [3.8, 4) is 0 Å². The minimum Gasteiger partial charge on any atom is -0.328 e. The van der Waals surface area contributed by atoms with Gasteiger partial charge in [0.15, 0.2) is 0 Å². The van der Waals surface area contributed by atoms with Gasteiger partial charge in [0, 0.05) is 17.1 Å². The van der Waals surface area contributed by atoms with Crippen LogP contribution in [0.3, 0.4) is 0 Å². The van der Waals surface area contributed by atoms with Crippen molar-refractivity contribution in [3.05, 3.63) is 16.6 Å². The molecule has 2 nitrogen and oxygen atoms in total. The minimum absolute atomic E-state index is 0.461. The largest absolute Gasteiger partial charge is 0.328 e. The smallest absolute Gasteiger partial charge is 0.0794 e. The Morgan fingerprint density at radius 2 is 2.50 bits per heavy atom. The lowest BCUT2D eigenvalue weighted by atomic mass is 10.0. The Morgan fingerprint density at radius 3 is 3.08 bits per heavy atom. The normalized spacial score (nSPS) is 29.4. The van der Waals surface area contributed by atoms with Gasteiger partial charge in [-0.1, -0.05) is 0 Å². The number of rotatable bonds is 2. The van der Waals surface area contributed by atoms with E-state index in [1.807, 2.05) is 11.7 Å². The Hall–Kier alpha value is -0.410. The minimum atomic E-state index is 0.461. The Bertz CT molecular complexity index is 233. The van der Waals surface area contributed by atoms with Gasteiger partial charge >= 0.3 is 0 Å². The molecule has 2 atom stereocenters. The standard InChI is InChI=1S/C9H14N2S/c10-8-2-1-7(3-8)4-9-5-11-6-12-9/h5-8H,1-4,10H2. The Kier molecular flexibility index (Phi) is 2.42. The molecule has 1 fully saturated rings. The van der Waals surface area contributed by atoms with Crippen molar-refractivity contribution < 1.29 is 0 Å². The van der Waals surface area contributed by atoms with Gasteiger partial charge in [0.05, 0.1) is 5.51 Å². The Morgan fingerprint density at radius 1 is 1.58 bits per heavy atom. The zero-order chi connectivity index (χ0) is 8.39. The highest BCUT2D eigenvalue weighted by molar-refractivity contribution is 7.09. The van der Waals surface area contributed by atoms with Crippen LogP contribution in [0.4, 0.5) is 0 Å². The van der Waals surface area contributed by atoms with Crippen molar-refractivity contribution in [1.82, 2.24) is 4.98 Å². The molecule has 66 valence electrons. The van der Waals surface area contributed by atoms with E-state index in [9.17, 15) is 0 Å². The molecule has 12 heavy (non-hydrogen) atoms. The number of aromatic nitrogens is 1. The first kappa shape index (κ1) is 8.20. The molecule has 1 aromatic rings. The van der Waals surface area contributed by atoms with Crippen molar-refractivity contribution in [2.24, 2.45) is 11.7 Å². The van der Waals surface area contributed by atoms with Gasteiger partial charge in [-0.3, -0.25) is 4.98 Å². The zero-order valence-electron chi connectivity index (χ0n) is 7.07. The summed E-state index contributed by atoms with van der Waals surface area (Å²) in [5.74, 6) is 0.820. The van der Waals surface area contributed by atoms with E-state index in [0.29, 0.717) is 6.04 Å². The number of nitrogens with two attached hydrogens (primary N) is 1. The van der Waals surface area contributed by atoms with Gasteiger partial charge < -0.3 is 5.73 Å². The molecule has 1 heterocycles. The van der Waals surface area contributed by atoms with Crippen molar-refractivity contribution in [1.29, 1.82) is 0 Å². The number of hydrogen-bond donors (Lipinski definition) is 1. The molecule has 2 N–H and O–H groups in total. The van der Waals surface area contributed by atoms with Crippen LogP contribution in [0, 0.1) is 5.92 Å². The molecule has 1 aliphatic rings. The summed E-state index contributed by atoms with van der Waals surface area (Å²) in [4.78, 5) is 5.48. The van der Waals surface area contributed by atoms with Crippen LogP contribution in [-0.4, -0.2) is 11.0 Å². The molecule has 3 heteroatoms. The Balaban J connectivity index is 1.88. The third-order valence-electron chi connectivity index (χ3n) is 2.56. The lowest BCUT2D eigenvalue weighted by Gasteiger charge is -2.05. The molecule has 0 radical (unpaired) electrons. The summed E-state index contributed by atoms with van der Waals surface area (Å²) < 4.78 is 0. The van der Waals surface area contributed by atoms with Gasteiger partial charge in [-0.25, -0.2) is 0 Å². The molecular formula is C9H14N2S. The monoisotopic (exact) mass is 182 g/mol. The van der Waals surface area contributed by atoms with Crippen LogP contribution in [0.15, 0.2) is 11.7 Å². The quantitative estimate of drug-likeness (QED) is 0.757. The van der Waals surface area contributed by atoms with E-state index in [1.54, 1.807) is 11.3 Å². The summed E-state index contributed by atoms with van der Waals surface area (Å²) in [6.07, 6.45) is 6.90. The molecule has 1 aliphatic carbocycles. The Labute approximate surface area is 76.8 Å². The van der Waals surface area contributed by atoms with Gasteiger partial charge in [0.1, 0.15) is 0 Å². The molecule has 0 aliphatic heterocycles. The highest BCUT2D eigenvalue weighted by Crippen LogP contribution is 2.28. The first-order chi connectivity index (χ1) is 5.84. The first-order valence-electron chi connectivity index (χ1n) is 4.47. The summed E-state index contributed by atoms with van der Waals surface area (Å²) in [5, 5.41) is 0. The van der Waals surface area contributed by atoms with Gasteiger partial charge in [-0.2, -0.15) is 0 Å². The fraction of sp³-hybridized carbons (Fsp3) is 0.667. The number of nitrogens with zero attached hydrogens (tertiary/aromatic N) is 1. The summed E-state index contributed by atoms with van der Waals surface area (Å²) in [6.45, 7) is 0. The molecule has 1 aromatic heterocycles. The fourth-order valence-electron chi connectivity index (χ4n) is 1.93. The van der Waals surface area contributed by atoms with E-state index in [2.05, 4.69) is 4.98 Å². The fourth-order valence-corrected chi connectivity index (χ4v) is 2.64. The van der Waals surface area contributed by atoms with E-state index in [1.165, 1.54) is 30.6 Å². The van der Waals surface area contributed by atoms with Gasteiger partial charge in [-0.05, 0) is 31.6 Å². The van der Waals surface area contributed by atoms with E-state index < -0.39 is 0 Å². The molecule has 0 saturated heterocycles. The highest BCUT2D eigenvalue weighted by Gasteiger charge is 2.21. The zero-order valence-corrected chi connectivity index (χ0v) is 7.89. The van der Waals surface area contributed by atoms with Crippen molar-refractivity contribution in [2.45, 2.75) is 31.7 Å². The van der Waals surface area contributed by atoms with Crippen molar-refractivity contribution >= 4 is 11.3 Å². The maximum absolute atomic E-state index is 5.84. The van der Waals surface area contributed by atoms with E-state index in [-0.39, 0.29) is 0 Å². The van der Waals surface area contributed by atoms with Crippen LogP contribution < -0.4 is 5.73 Å². The van der Waals surface area contributed by atoms with E-state index in [0.717, 1.165) is 5.92 Å². The third kappa shape index (κ3) is 1.84. The average Bonchev–Trinajstić information content (AvgIpc) is 2.63. The van der Waals surface area contributed by atoms with E-state index in [4.69, 9.17) is 5.73 Å². The van der Waals surface area contributed by atoms with Gasteiger partial charge in [0.25, 0.3) is 0 Å². The average molecular weight is 182 g/mol. The molecule has 1 saturated carbocycles. The second-order valence-electron chi connectivity index (χ2n) is 3.61. The van der Waals surface area contributed by atoms with Crippen LogP contribution in [0.2, 0.25) is 0 Å². The van der Waals surface area contributed by atoms with Gasteiger partial charge in [-0.15, -0.1) is 11.3 Å². The van der Waals surface area contributed by atoms with Crippen LogP contribution in [0.25, 0.3) is 0 Å². The number of hydrogen-bond acceptors (Lipinski definition) is 3. The molecule has 0 aromatic carbocycles. The van der Waals surface area contributed by atoms with Crippen LogP contribution in [0.1, 0.15) is 24.1 Å². The summed E-state index contributed by atoms with van der Waals surface area (Å²) >= 11 is 1.76. The maximum atomic E-state index is 5.84. The SMILES string of the molecule is NC1CCC(Cc2cncs2)C1. The molecule has 0 amide bonds. The topological polar surface area (TPSA) is 38.9 Å². The van der Waals surface area contributed by atoms with Gasteiger partial charge in [0.2, 0.25) is 0 Å². The highest BCUT2D eigenvalue weighted by atomic mass is 32.1. The van der Waals surface area contributed by atoms with Crippen molar-refractivity contribution in [2.75, 3.05) is 0 Å². The van der Waals surface area contributed by atoms with Crippen LogP contribution in [-0.2, 0) is 6.42 Å². The second kappa shape index (κ2) is 3.54. The second-order valence-corrected chi connectivity index (χ2v) is 4.58. The van der Waals surface area contributed by atoms with Crippen molar-refractivity contribution in [3.63, 3.8) is 0 Å². The summed E-state index contributed by atoms with van der Waals surface area (Å²) in [6, 6.07) is 0.461. The van der Waals surface area contributed by atoms with E-state index >= 15 is 0 Å².